The third kappa shape index (κ3) is 3.54. The molecule has 1 aliphatic carbocycles. The van der Waals surface area contributed by atoms with E-state index in [0.717, 1.165) is 24.0 Å². The van der Waals surface area contributed by atoms with E-state index in [0.29, 0.717) is 24.4 Å². The fraction of sp³-hybridized carbons (Fsp3) is 0.500. The second-order valence-electron chi connectivity index (χ2n) is 5.42. The summed E-state index contributed by atoms with van der Waals surface area (Å²) < 4.78 is 27.6. The maximum absolute atomic E-state index is 13.0. The maximum atomic E-state index is 13.0. The fourth-order valence-corrected chi connectivity index (χ4v) is 4.51. The van der Waals surface area contributed by atoms with Crippen LogP contribution in [0, 0.1) is 0 Å². The Morgan fingerprint density at radius 1 is 1.43 bits per heavy atom. The van der Waals surface area contributed by atoms with Crippen molar-refractivity contribution in [3.63, 3.8) is 0 Å². The Hall–Kier alpha value is -1.17. The zero-order valence-electron chi connectivity index (χ0n) is 12.8. The number of nitrogens with zero attached hydrogens (tertiary/aromatic N) is 1. The van der Waals surface area contributed by atoms with Gasteiger partial charge < -0.3 is 5.32 Å². The Kier molecular flexibility index (Phi) is 5.19. The predicted octanol–water partition coefficient (Wildman–Crippen LogP) is 2.31. The van der Waals surface area contributed by atoms with Crippen LogP contribution < -0.4 is 5.32 Å². The monoisotopic (exact) mass is 308 g/mol. The average Bonchev–Trinajstić information content (AvgIpc) is 3.29. The van der Waals surface area contributed by atoms with Crippen LogP contribution in [0.15, 0.2) is 35.7 Å². The molecule has 1 fully saturated rings. The molecule has 21 heavy (non-hydrogen) atoms. The first-order chi connectivity index (χ1) is 10.0. The van der Waals surface area contributed by atoms with Gasteiger partial charge in [-0.1, -0.05) is 25.1 Å². The number of aryl methyl sites for hydroxylation is 1. The van der Waals surface area contributed by atoms with Crippen molar-refractivity contribution < 1.29 is 8.42 Å². The smallest absolute Gasteiger partial charge is 0.243 e. The van der Waals surface area contributed by atoms with Crippen molar-refractivity contribution in [1.82, 2.24) is 9.62 Å². The van der Waals surface area contributed by atoms with E-state index in [4.69, 9.17) is 0 Å². The lowest BCUT2D eigenvalue weighted by molar-refractivity contribution is 0.435. The Morgan fingerprint density at radius 2 is 2.14 bits per heavy atom. The van der Waals surface area contributed by atoms with Gasteiger partial charge in [0.05, 0.1) is 4.90 Å². The highest BCUT2D eigenvalue weighted by Crippen LogP contribution is 2.33. The number of benzene rings is 1. The van der Waals surface area contributed by atoms with Crippen LogP contribution in [0.2, 0.25) is 0 Å². The summed E-state index contributed by atoms with van der Waals surface area (Å²) in [7, 11) is -1.59. The minimum absolute atomic E-state index is 0.144. The van der Waals surface area contributed by atoms with Crippen molar-refractivity contribution in [1.29, 1.82) is 0 Å². The molecule has 0 atom stereocenters. The van der Waals surface area contributed by atoms with Crippen LogP contribution in [0.1, 0.15) is 30.9 Å². The van der Waals surface area contributed by atoms with Gasteiger partial charge in [-0.15, -0.1) is 6.58 Å². The van der Waals surface area contributed by atoms with E-state index < -0.39 is 10.0 Å². The molecule has 1 aliphatic rings. The van der Waals surface area contributed by atoms with Gasteiger partial charge in [0, 0.05) is 19.1 Å². The summed E-state index contributed by atoms with van der Waals surface area (Å²) in [6.07, 6.45) is 4.27. The van der Waals surface area contributed by atoms with Gasteiger partial charge in [-0.2, -0.15) is 4.31 Å². The maximum Gasteiger partial charge on any atom is 0.243 e. The van der Waals surface area contributed by atoms with E-state index in [9.17, 15) is 8.42 Å². The largest absolute Gasteiger partial charge is 0.316 e. The zero-order chi connectivity index (χ0) is 15.5. The minimum atomic E-state index is -3.45. The Morgan fingerprint density at radius 3 is 2.67 bits per heavy atom. The first-order valence-corrected chi connectivity index (χ1v) is 8.87. The van der Waals surface area contributed by atoms with Crippen LogP contribution in [-0.2, 0) is 23.0 Å². The molecular weight excluding hydrogens is 284 g/mol. The van der Waals surface area contributed by atoms with Crippen LogP contribution >= 0.6 is 0 Å². The molecule has 0 radical (unpaired) electrons. The molecule has 2 rings (SSSR count). The molecule has 0 amide bonds. The van der Waals surface area contributed by atoms with Crippen LogP contribution in [0.4, 0.5) is 0 Å². The summed E-state index contributed by atoms with van der Waals surface area (Å²) in [4.78, 5) is 0.450. The molecule has 5 heteroatoms. The van der Waals surface area contributed by atoms with E-state index >= 15 is 0 Å². The molecule has 116 valence electrons. The molecule has 1 N–H and O–H groups in total. The van der Waals surface area contributed by atoms with Crippen molar-refractivity contribution in [2.75, 3.05) is 13.6 Å². The van der Waals surface area contributed by atoms with Gasteiger partial charge in [-0.25, -0.2) is 8.42 Å². The topological polar surface area (TPSA) is 49.4 Å². The summed E-state index contributed by atoms with van der Waals surface area (Å²) in [5.41, 5.74) is 1.87. The lowest BCUT2D eigenvalue weighted by Crippen LogP contribution is -2.34. The number of rotatable bonds is 8. The second-order valence-corrected chi connectivity index (χ2v) is 7.28. The highest BCUT2D eigenvalue weighted by atomic mass is 32.2. The average molecular weight is 308 g/mol. The lowest BCUT2D eigenvalue weighted by Gasteiger charge is -2.22. The van der Waals surface area contributed by atoms with Gasteiger partial charge in [-0.3, -0.25) is 0 Å². The van der Waals surface area contributed by atoms with E-state index in [-0.39, 0.29) is 6.04 Å². The first kappa shape index (κ1) is 16.2. The van der Waals surface area contributed by atoms with E-state index in [2.05, 4.69) is 11.9 Å². The summed E-state index contributed by atoms with van der Waals surface area (Å²) >= 11 is 0. The Bertz CT molecular complexity index is 607. The zero-order valence-corrected chi connectivity index (χ0v) is 13.6. The molecule has 0 unspecified atom stereocenters. The Labute approximate surface area is 127 Å². The molecule has 0 aliphatic heterocycles. The molecule has 0 aromatic heterocycles. The number of hydrogen-bond donors (Lipinski definition) is 1. The minimum Gasteiger partial charge on any atom is -0.316 e. The number of nitrogens with one attached hydrogen (secondary N) is 1. The highest BCUT2D eigenvalue weighted by Gasteiger charge is 2.38. The van der Waals surface area contributed by atoms with Gasteiger partial charge in [0.2, 0.25) is 10.0 Å². The van der Waals surface area contributed by atoms with Crippen LogP contribution in [0.5, 0.6) is 0 Å². The molecule has 1 aromatic carbocycles. The van der Waals surface area contributed by atoms with E-state index in [1.54, 1.807) is 10.4 Å². The van der Waals surface area contributed by atoms with Gasteiger partial charge in [0.1, 0.15) is 0 Å². The van der Waals surface area contributed by atoms with E-state index in [1.165, 1.54) is 0 Å². The van der Waals surface area contributed by atoms with Crippen LogP contribution in [-0.4, -0.2) is 32.4 Å². The van der Waals surface area contributed by atoms with Crippen molar-refractivity contribution in [3.8, 4) is 0 Å². The fourth-order valence-electron chi connectivity index (χ4n) is 2.50. The molecule has 1 saturated carbocycles. The standard InChI is InChI=1S/C16H24N2O2S/c1-4-10-18(15-8-9-15)21(19,20)16-11-13(12-17-3)6-7-14(16)5-2/h4,6-7,11,15,17H,1,5,8-10,12H2,2-3H3. The van der Waals surface area contributed by atoms with Crippen molar-refractivity contribution >= 4 is 10.0 Å². The Balaban J connectivity index is 2.45. The third-order valence-corrected chi connectivity index (χ3v) is 5.74. The first-order valence-electron chi connectivity index (χ1n) is 7.43. The molecule has 0 saturated heterocycles. The van der Waals surface area contributed by atoms with Gasteiger partial charge >= 0.3 is 0 Å². The quantitative estimate of drug-likeness (QED) is 0.750. The third-order valence-electron chi connectivity index (χ3n) is 3.74. The molecule has 1 aromatic rings. The highest BCUT2D eigenvalue weighted by molar-refractivity contribution is 7.89. The molecule has 0 spiro atoms. The van der Waals surface area contributed by atoms with Crippen LogP contribution in [0.25, 0.3) is 0 Å². The molecule has 0 bridgehead atoms. The summed E-state index contributed by atoms with van der Waals surface area (Å²) in [5.74, 6) is 0. The molecule has 0 heterocycles. The number of hydrogen-bond acceptors (Lipinski definition) is 3. The van der Waals surface area contributed by atoms with Crippen molar-refractivity contribution in [3.05, 3.63) is 42.0 Å². The van der Waals surface area contributed by atoms with Crippen LogP contribution in [0.3, 0.4) is 0 Å². The van der Waals surface area contributed by atoms with Gasteiger partial charge in [0.25, 0.3) is 0 Å². The number of sulfonamides is 1. The molecule has 4 nitrogen and oxygen atoms in total. The van der Waals surface area contributed by atoms with Gasteiger partial charge in [0.15, 0.2) is 0 Å². The molecular formula is C16H24N2O2S. The summed E-state index contributed by atoms with van der Waals surface area (Å²) in [5, 5.41) is 3.07. The van der Waals surface area contributed by atoms with E-state index in [1.807, 2.05) is 32.2 Å². The van der Waals surface area contributed by atoms with Gasteiger partial charge in [-0.05, 0) is 43.5 Å². The lowest BCUT2D eigenvalue weighted by atomic mass is 10.1. The second kappa shape index (κ2) is 6.73. The summed E-state index contributed by atoms with van der Waals surface area (Å²) in [6, 6.07) is 5.87. The van der Waals surface area contributed by atoms with Crippen molar-refractivity contribution in [2.24, 2.45) is 0 Å². The summed E-state index contributed by atoms with van der Waals surface area (Å²) in [6.45, 7) is 6.72. The van der Waals surface area contributed by atoms with Crippen molar-refractivity contribution in [2.45, 2.75) is 43.7 Å². The normalized spacial score (nSPS) is 15.4. The SMILES string of the molecule is C=CCN(C1CC1)S(=O)(=O)c1cc(CNC)ccc1CC. The predicted molar refractivity (Wildman–Crippen MR) is 85.7 cm³/mol.